The first kappa shape index (κ1) is 8.23. The van der Waals surface area contributed by atoms with Crippen molar-refractivity contribution < 1.29 is 15.0 Å². The number of rotatable bonds is 2. The number of carboxylic acids is 1. The van der Waals surface area contributed by atoms with Gasteiger partial charge in [0, 0.05) is 6.08 Å². The fourth-order valence-corrected chi connectivity index (χ4v) is 1.10. The van der Waals surface area contributed by atoms with Crippen molar-refractivity contribution in [1.29, 1.82) is 0 Å². The fraction of sp³-hybridized carbons (Fsp3) is 0.571. The predicted octanol–water partition coefficient (Wildman–Crippen LogP) is -0.650. The van der Waals surface area contributed by atoms with Gasteiger partial charge in [0.25, 0.3) is 0 Å². The molecule has 2 unspecified atom stereocenters. The van der Waals surface area contributed by atoms with Gasteiger partial charge in [-0.2, -0.15) is 0 Å². The summed E-state index contributed by atoms with van der Waals surface area (Å²) in [5, 5.41) is 20.4. The SMILES string of the molecule is O=C(O)/C=C/C1NCCC1O. The van der Waals surface area contributed by atoms with Crippen LogP contribution in [0.3, 0.4) is 0 Å². The highest BCUT2D eigenvalue weighted by Crippen LogP contribution is 2.06. The normalized spacial score (nSPS) is 31.4. The molecule has 3 N–H and O–H groups in total. The van der Waals surface area contributed by atoms with E-state index in [1.165, 1.54) is 6.08 Å². The third-order valence-electron chi connectivity index (χ3n) is 1.68. The van der Waals surface area contributed by atoms with Crippen LogP contribution in [0.2, 0.25) is 0 Å². The molecule has 0 aromatic heterocycles. The Morgan fingerprint density at radius 1 is 1.64 bits per heavy atom. The lowest BCUT2D eigenvalue weighted by atomic mass is 10.1. The first-order chi connectivity index (χ1) is 5.20. The van der Waals surface area contributed by atoms with E-state index >= 15 is 0 Å². The Morgan fingerprint density at radius 2 is 2.36 bits per heavy atom. The maximum atomic E-state index is 10.1. The van der Waals surface area contributed by atoms with Gasteiger partial charge in [0.2, 0.25) is 0 Å². The lowest BCUT2D eigenvalue weighted by molar-refractivity contribution is -0.131. The molecular weight excluding hydrogens is 146 g/mol. The number of aliphatic hydroxyl groups is 1. The second-order valence-corrected chi connectivity index (χ2v) is 2.53. The molecule has 1 heterocycles. The smallest absolute Gasteiger partial charge is 0.328 e. The van der Waals surface area contributed by atoms with Crippen molar-refractivity contribution in [2.45, 2.75) is 18.6 Å². The van der Waals surface area contributed by atoms with Gasteiger partial charge in [-0.3, -0.25) is 0 Å². The van der Waals surface area contributed by atoms with Crippen LogP contribution in [0.4, 0.5) is 0 Å². The van der Waals surface area contributed by atoms with E-state index in [0.717, 1.165) is 12.6 Å². The lowest BCUT2D eigenvalue weighted by Crippen LogP contribution is -2.27. The summed E-state index contributed by atoms with van der Waals surface area (Å²) in [5.41, 5.74) is 0. The molecule has 0 saturated carbocycles. The van der Waals surface area contributed by atoms with Crippen LogP contribution in [0.15, 0.2) is 12.2 Å². The highest BCUT2D eigenvalue weighted by Gasteiger charge is 2.21. The van der Waals surface area contributed by atoms with Gasteiger partial charge in [-0.1, -0.05) is 6.08 Å². The van der Waals surface area contributed by atoms with E-state index in [2.05, 4.69) is 5.32 Å². The van der Waals surface area contributed by atoms with Crippen LogP contribution >= 0.6 is 0 Å². The molecule has 4 heteroatoms. The van der Waals surface area contributed by atoms with Gasteiger partial charge >= 0.3 is 5.97 Å². The minimum Gasteiger partial charge on any atom is -0.478 e. The molecule has 0 aromatic carbocycles. The van der Waals surface area contributed by atoms with Gasteiger partial charge in [0.1, 0.15) is 0 Å². The molecular formula is C7H11NO3. The summed E-state index contributed by atoms with van der Waals surface area (Å²) in [6.45, 7) is 0.746. The highest BCUT2D eigenvalue weighted by molar-refractivity contribution is 5.79. The summed E-state index contributed by atoms with van der Waals surface area (Å²) < 4.78 is 0. The molecule has 1 rings (SSSR count). The fourth-order valence-electron chi connectivity index (χ4n) is 1.10. The van der Waals surface area contributed by atoms with Crippen molar-refractivity contribution in [3.8, 4) is 0 Å². The topological polar surface area (TPSA) is 69.6 Å². The van der Waals surface area contributed by atoms with Crippen LogP contribution in [0.1, 0.15) is 6.42 Å². The van der Waals surface area contributed by atoms with E-state index in [0.29, 0.717) is 6.42 Å². The molecule has 1 aliphatic heterocycles. The molecule has 0 aromatic rings. The molecule has 0 spiro atoms. The molecule has 2 atom stereocenters. The number of hydrogen-bond acceptors (Lipinski definition) is 3. The monoisotopic (exact) mass is 157 g/mol. The van der Waals surface area contributed by atoms with Crippen LogP contribution in [-0.4, -0.2) is 34.9 Å². The van der Waals surface area contributed by atoms with E-state index in [9.17, 15) is 9.90 Å². The molecule has 1 saturated heterocycles. The van der Waals surface area contributed by atoms with Crippen molar-refractivity contribution in [2.75, 3.05) is 6.54 Å². The average molecular weight is 157 g/mol. The number of aliphatic hydroxyl groups excluding tert-OH is 1. The molecule has 0 amide bonds. The Bertz CT molecular complexity index is 179. The Hall–Kier alpha value is -0.870. The quantitative estimate of drug-likeness (QED) is 0.466. The summed E-state index contributed by atoms with van der Waals surface area (Å²) in [4.78, 5) is 10.1. The third kappa shape index (κ3) is 2.32. The van der Waals surface area contributed by atoms with E-state index in [-0.39, 0.29) is 6.04 Å². The standard InChI is InChI=1S/C7H11NO3/c9-6-3-4-8-5(6)1-2-7(10)11/h1-2,5-6,8-9H,3-4H2,(H,10,11)/b2-1+. The van der Waals surface area contributed by atoms with E-state index in [4.69, 9.17) is 5.11 Å². The number of nitrogens with one attached hydrogen (secondary N) is 1. The van der Waals surface area contributed by atoms with E-state index < -0.39 is 12.1 Å². The first-order valence-electron chi connectivity index (χ1n) is 3.53. The van der Waals surface area contributed by atoms with Crippen LogP contribution in [0, 0.1) is 0 Å². The average Bonchev–Trinajstić information content (AvgIpc) is 2.31. The minimum absolute atomic E-state index is 0.189. The number of carboxylic acid groups (broad SMARTS) is 1. The summed E-state index contributed by atoms with van der Waals surface area (Å²) in [6, 6.07) is -0.189. The third-order valence-corrected chi connectivity index (χ3v) is 1.68. The number of carbonyl (C=O) groups is 1. The van der Waals surface area contributed by atoms with Gasteiger partial charge < -0.3 is 15.5 Å². The Labute approximate surface area is 64.5 Å². The van der Waals surface area contributed by atoms with Crippen molar-refractivity contribution in [3.05, 3.63) is 12.2 Å². The second-order valence-electron chi connectivity index (χ2n) is 2.53. The Balaban J connectivity index is 2.42. The predicted molar refractivity (Wildman–Crippen MR) is 39.2 cm³/mol. The lowest BCUT2D eigenvalue weighted by Gasteiger charge is -2.07. The number of aliphatic carboxylic acids is 1. The molecule has 0 bridgehead atoms. The summed E-state index contributed by atoms with van der Waals surface area (Å²) in [5.74, 6) is -0.981. The molecule has 1 fully saturated rings. The summed E-state index contributed by atoms with van der Waals surface area (Å²) in [6.07, 6.45) is 2.77. The second kappa shape index (κ2) is 3.50. The maximum Gasteiger partial charge on any atom is 0.328 e. The molecule has 4 nitrogen and oxygen atoms in total. The van der Waals surface area contributed by atoms with Crippen molar-refractivity contribution in [2.24, 2.45) is 0 Å². The number of hydrogen-bond donors (Lipinski definition) is 3. The van der Waals surface area contributed by atoms with E-state index in [1.54, 1.807) is 0 Å². The van der Waals surface area contributed by atoms with Crippen LogP contribution < -0.4 is 5.32 Å². The minimum atomic E-state index is -0.981. The van der Waals surface area contributed by atoms with Gasteiger partial charge in [-0.25, -0.2) is 4.79 Å². The zero-order valence-electron chi connectivity index (χ0n) is 6.03. The zero-order valence-corrected chi connectivity index (χ0v) is 6.03. The summed E-state index contributed by atoms with van der Waals surface area (Å²) in [7, 11) is 0. The maximum absolute atomic E-state index is 10.1. The van der Waals surface area contributed by atoms with Crippen LogP contribution in [-0.2, 0) is 4.79 Å². The highest BCUT2D eigenvalue weighted by atomic mass is 16.4. The Kier molecular flexibility index (Phi) is 2.62. The van der Waals surface area contributed by atoms with Gasteiger partial charge in [0.05, 0.1) is 12.1 Å². The largest absolute Gasteiger partial charge is 0.478 e. The first-order valence-corrected chi connectivity index (χ1v) is 3.53. The van der Waals surface area contributed by atoms with Crippen LogP contribution in [0.25, 0.3) is 0 Å². The van der Waals surface area contributed by atoms with Gasteiger partial charge in [-0.15, -0.1) is 0 Å². The molecule has 1 aliphatic rings. The molecule has 0 aliphatic carbocycles. The molecule has 11 heavy (non-hydrogen) atoms. The Morgan fingerprint density at radius 3 is 2.82 bits per heavy atom. The molecule has 0 radical (unpaired) electrons. The van der Waals surface area contributed by atoms with Crippen molar-refractivity contribution >= 4 is 5.97 Å². The van der Waals surface area contributed by atoms with Crippen LogP contribution in [0.5, 0.6) is 0 Å². The van der Waals surface area contributed by atoms with E-state index in [1.807, 2.05) is 0 Å². The van der Waals surface area contributed by atoms with Gasteiger partial charge in [-0.05, 0) is 13.0 Å². The van der Waals surface area contributed by atoms with Gasteiger partial charge in [0.15, 0.2) is 0 Å². The van der Waals surface area contributed by atoms with Crippen molar-refractivity contribution in [1.82, 2.24) is 5.32 Å². The van der Waals surface area contributed by atoms with Crippen molar-refractivity contribution in [3.63, 3.8) is 0 Å². The molecule has 62 valence electrons. The summed E-state index contributed by atoms with van der Waals surface area (Å²) >= 11 is 0. The zero-order chi connectivity index (χ0) is 8.27.